The molecule has 0 radical (unpaired) electrons. The van der Waals surface area contributed by atoms with Gasteiger partial charge in [0, 0.05) is 28.7 Å². The van der Waals surface area contributed by atoms with Crippen LogP contribution in [0.5, 0.6) is 5.75 Å². The average Bonchev–Trinajstić information content (AvgIpc) is 3.23. The minimum Gasteiger partial charge on any atom is -0.459 e. The van der Waals surface area contributed by atoms with Crippen LogP contribution >= 0.6 is 0 Å². The Balaban J connectivity index is 1.26. The van der Waals surface area contributed by atoms with Crippen molar-refractivity contribution in [3.05, 3.63) is 150 Å². The summed E-state index contributed by atoms with van der Waals surface area (Å²) in [5, 5.41) is 4.36. The number of carbonyl (C=O) groups excluding carboxylic acids is 1. The summed E-state index contributed by atoms with van der Waals surface area (Å²) < 4.78 is 7.18. The number of fused-ring (bicyclic) bond motifs is 6. The maximum Gasteiger partial charge on any atom is 0.229 e. The predicted octanol–water partition coefficient (Wildman–Crippen LogP) is 9.01. The zero-order chi connectivity index (χ0) is 29.2. The van der Waals surface area contributed by atoms with Crippen molar-refractivity contribution in [3.8, 4) is 5.75 Å². The van der Waals surface area contributed by atoms with E-state index >= 15 is 0 Å². The highest BCUT2D eigenvalue weighted by Crippen LogP contribution is 2.57. The molecule has 2 aliphatic heterocycles. The molecule has 6 aromatic carbocycles. The number of ketones is 1. The molecule has 0 aromatic heterocycles. The molecule has 0 saturated carbocycles. The van der Waals surface area contributed by atoms with Crippen LogP contribution in [0.25, 0.3) is 21.5 Å². The first-order valence-electron chi connectivity index (χ1n) is 14.7. The van der Waals surface area contributed by atoms with E-state index in [9.17, 15) is 4.79 Å². The SMILES string of the molecule is CC1(C)c2c(ccc3ccccc23)N(Cc2ccccc2)C12C=Nc1c(ccc3cc(C(=O)c4ccccc4)ccc13)O2. The normalized spacial score (nSPS) is 18.0. The van der Waals surface area contributed by atoms with Gasteiger partial charge in [-0.25, -0.2) is 0 Å². The Kier molecular flexibility index (Phi) is 5.57. The molecule has 0 aliphatic carbocycles. The third-order valence-corrected chi connectivity index (χ3v) is 9.19. The van der Waals surface area contributed by atoms with Crippen molar-refractivity contribution in [1.29, 1.82) is 0 Å². The second-order valence-electron chi connectivity index (χ2n) is 12.0. The number of anilines is 1. The first-order valence-corrected chi connectivity index (χ1v) is 14.7. The third kappa shape index (κ3) is 3.76. The summed E-state index contributed by atoms with van der Waals surface area (Å²) in [6.07, 6.45) is 2.01. The topological polar surface area (TPSA) is 41.9 Å². The second-order valence-corrected chi connectivity index (χ2v) is 12.0. The highest BCUT2D eigenvalue weighted by atomic mass is 16.5. The van der Waals surface area contributed by atoms with Gasteiger partial charge in [-0.2, -0.15) is 0 Å². The summed E-state index contributed by atoms with van der Waals surface area (Å²) in [6.45, 7) is 5.21. The van der Waals surface area contributed by atoms with Crippen molar-refractivity contribution < 1.29 is 9.53 Å². The third-order valence-electron chi connectivity index (χ3n) is 9.19. The van der Waals surface area contributed by atoms with Gasteiger partial charge in [-0.3, -0.25) is 9.79 Å². The van der Waals surface area contributed by atoms with Crippen LogP contribution in [-0.2, 0) is 12.0 Å². The van der Waals surface area contributed by atoms with Gasteiger partial charge in [0.25, 0.3) is 0 Å². The highest BCUT2D eigenvalue weighted by Gasteiger charge is 2.60. The zero-order valence-electron chi connectivity index (χ0n) is 24.1. The molecule has 6 aromatic rings. The van der Waals surface area contributed by atoms with Gasteiger partial charge < -0.3 is 9.64 Å². The van der Waals surface area contributed by atoms with Crippen LogP contribution in [0.4, 0.5) is 11.4 Å². The summed E-state index contributed by atoms with van der Waals surface area (Å²) in [4.78, 5) is 20.7. The molecule has 1 unspecified atom stereocenters. The Hall–Kier alpha value is -5.22. The zero-order valence-corrected chi connectivity index (χ0v) is 24.1. The number of carbonyl (C=O) groups is 1. The van der Waals surface area contributed by atoms with Crippen molar-refractivity contribution in [3.63, 3.8) is 0 Å². The van der Waals surface area contributed by atoms with E-state index in [1.54, 1.807) is 0 Å². The molecule has 1 spiro atoms. The van der Waals surface area contributed by atoms with Crippen LogP contribution < -0.4 is 9.64 Å². The summed E-state index contributed by atoms with van der Waals surface area (Å²) >= 11 is 0. The van der Waals surface area contributed by atoms with Crippen LogP contribution in [0, 0.1) is 0 Å². The molecule has 8 rings (SSSR count). The Bertz CT molecular complexity index is 2080. The monoisotopic (exact) mass is 558 g/mol. The quantitative estimate of drug-likeness (QED) is 0.203. The van der Waals surface area contributed by atoms with Crippen molar-refractivity contribution in [1.82, 2.24) is 0 Å². The van der Waals surface area contributed by atoms with Crippen molar-refractivity contribution in [2.24, 2.45) is 4.99 Å². The van der Waals surface area contributed by atoms with E-state index in [2.05, 4.69) is 79.4 Å². The largest absolute Gasteiger partial charge is 0.459 e. The van der Waals surface area contributed by atoms with Crippen LogP contribution in [0.2, 0.25) is 0 Å². The molecule has 4 nitrogen and oxygen atoms in total. The fraction of sp³-hybridized carbons (Fsp3) is 0.128. The number of nitrogens with zero attached hydrogens (tertiary/aromatic N) is 2. The number of aliphatic imine (C=N–C) groups is 1. The Morgan fingerprint density at radius 1 is 0.721 bits per heavy atom. The van der Waals surface area contributed by atoms with Gasteiger partial charge in [-0.15, -0.1) is 0 Å². The first-order chi connectivity index (χ1) is 21.0. The molecule has 1 atom stereocenters. The molecule has 2 heterocycles. The molecule has 0 amide bonds. The van der Waals surface area contributed by atoms with E-state index in [1.165, 1.54) is 21.9 Å². The van der Waals surface area contributed by atoms with E-state index in [4.69, 9.17) is 9.73 Å². The molecule has 208 valence electrons. The minimum atomic E-state index is -0.848. The Morgan fingerprint density at radius 2 is 1.44 bits per heavy atom. The number of hydrogen-bond acceptors (Lipinski definition) is 4. The summed E-state index contributed by atoms with van der Waals surface area (Å²) in [5.41, 5.74) is 4.47. The lowest BCUT2D eigenvalue weighted by atomic mass is 9.75. The van der Waals surface area contributed by atoms with Gasteiger partial charge in [-0.05, 0) is 59.3 Å². The van der Waals surface area contributed by atoms with Crippen LogP contribution in [0.3, 0.4) is 0 Å². The Morgan fingerprint density at radius 3 is 2.26 bits per heavy atom. The van der Waals surface area contributed by atoms with Crippen molar-refractivity contribution >= 4 is 44.9 Å². The van der Waals surface area contributed by atoms with Gasteiger partial charge in [0.05, 0.1) is 11.6 Å². The molecule has 0 saturated heterocycles. The highest BCUT2D eigenvalue weighted by molar-refractivity contribution is 6.12. The standard InChI is InChI=1S/C39H30N2O2/c1-38(2)35-31-16-10-9-13-27(31)18-21-33(35)41(24-26-11-5-3-6-12-26)39(38)25-40-36-32-20-17-30(23-29(32)19-22-34(36)43-39)37(42)28-14-7-4-8-15-28/h3-23,25H,24H2,1-2H3. The molecular formula is C39H30N2O2. The fourth-order valence-electron chi connectivity index (χ4n) is 6.97. The van der Waals surface area contributed by atoms with Crippen LogP contribution in [-0.4, -0.2) is 17.7 Å². The van der Waals surface area contributed by atoms with E-state index in [1.807, 2.05) is 72.9 Å². The van der Waals surface area contributed by atoms with E-state index in [0.29, 0.717) is 17.7 Å². The number of rotatable bonds is 4. The predicted molar refractivity (Wildman–Crippen MR) is 175 cm³/mol. The van der Waals surface area contributed by atoms with Crippen molar-refractivity contribution in [2.45, 2.75) is 31.5 Å². The molecule has 43 heavy (non-hydrogen) atoms. The van der Waals surface area contributed by atoms with Crippen LogP contribution in [0.1, 0.15) is 40.9 Å². The van der Waals surface area contributed by atoms with Gasteiger partial charge in [-0.1, -0.05) is 109 Å². The molecule has 4 heteroatoms. The minimum absolute atomic E-state index is 0.00757. The molecule has 0 fully saturated rings. The van der Waals surface area contributed by atoms with Gasteiger partial charge in [0.15, 0.2) is 5.78 Å². The molecular weight excluding hydrogens is 528 g/mol. The number of benzene rings is 6. The van der Waals surface area contributed by atoms with Crippen molar-refractivity contribution in [2.75, 3.05) is 4.90 Å². The fourth-order valence-corrected chi connectivity index (χ4v) is 6.97. The van der Waals surface area contributed by atoms with Gasteiger partial charge in [0.1, 0.15) is 11.4 Å². The molecule has 0 N–H and O–H groups in total. The first kappa shape index (κ1) is 25.5. The maximum absolute atomic E-state index is 13.1. The molecule has 2 aliphatic rings. The number of ether oxygens (including phenoxy) is 1. The van der Waals surface area contributed by atoms with E-state index in [0.717, 1.165) is 27.9 Å². The Labute approximate surface area is 250 Å². The summed E-state index contributed by atoms with van der Waals surface area (Å²) in [5.74, 6) is 0.744. The lowest BCUT2D eigenvalue weighted by molar-refractivity contribution is 0.0769. The summed E-state index contributed by atoms with van der Waals surface area (Å²) in [6, 6.07) is 42.8. The average molecular weight is 559 g/mol. The summed E-state index contributed by atoms with van der Waals surface area (Å²) in [7, 11) is 0. The van der Waals surface area contributed by atoms with Gasteiger partial charge >= 0.3 is 0 Å². The van der Waals surface area contributed by atoms with Crippen LogP contribution in [0.15, 0.2) is 132 Å². The smallest absolute Gasteiger partial charge is 0.229 e. The number of hydrogen-bond donors (Lipinski definition) is 0. The lowest BCUT2D eigenvalue weighted by Crippen LogP contribution is -2.61. The maximum atomic E-state index is 13.1. The van der Waals surface area contributed by atoms with Gasteiger partial charge in [0.2, 0.25) is 5.72 Å². The van der Waals surface area contributed by atoms with E-state index in [-0.39, 0.29) is 5.78 Å². The van der Waals surface area contributed by atoms with E-state index < -0.39 is 11.1 Å². The molecule has 0 bridgehead atoms. The second kappa shape index (κ2) is 9.40. The lowest BCUT2D eigenvalue weighted by Gasteiger charge is -2.46.